The molecular weight excluding hydrogens is 344 g/mol. The second-order valence-electron chi connectivity index (χ2n) is 6.05. The molecule has 0 aliphatic rings. The summed E-state index contributed by atoms with van der Waals surface area (Å²) in [7, 11) is 2.94. The zero-order chi connectivity index (χ0) is 19.0. The fourth-order valence-electron chi connectivity index (χ4n) is 3.18. The van der Waals surface area contributed by atoms with Crippen molar-refractivity contribution in [2.45, 2.75) is 0 Å². The van der Waals surface area contributed by atoms with Crippen molar-refractivity contribution in [2.75, 3.05) is 14.2 Å². The molecule has 27 heavy (non-hydrogen) atoms. The molecule has 0 radical (unpaired) electrons. The lowest BCUT2D eigenvalue weighted by Gasteiger charge is -2.10. The van der Waals surface area contributed by atoms with Gasteiger partial charge in [0.2, 0.25) is 5.78 Å². The summed E-state index contributed by atoms with van der Waals surface area (Å²) in [6, 6.07) is 18.1. The van der Waals surface area contributed by atoms with Gasteiger partial charge in [-0.25, -0.2) is 4.79 Å². The Kier molecular flexibility index (Phi) is 4.12. The molecule has 0 saturated heterocycles. The lowest BCUT2D eigenvalue weighted by Crippen LogP contribution is -2.09. The molecule has 0 spiro atoms. The maximum Gasteiger partial charge on any atom is 0.348 e. The maximum absolute atomic E-state index is 12.9. The molecule has 0 saturated carbocycles. The Hall–Kier alpha value is -3.60. The van der Waals surface area contributed by atoms with E-state index in [0.717, 1.165) is 10.8 Å². The summed E-state index contributed by atoms with van der Waals surface area (Å²) in [6.07, 6.45) is 0. The van der Waals surface area contributed by atoms with Crippen molar-refractivity contribution < 1.29 is 18.7 Å². The third-order valence-corrected chi connectivity index (χ3v) is 4.51. The average Bonchev–Trinajstić information content (AvgIpc) is 2.71. The van der Waals surface area contributed by atoms with Gasteiger partial charge in [0.15, 0.2) is 17.3 Å². The van der Waals surface area contributed by atoms with Crippen molar-refractivity contribution in [3.05, 3.63) is 82.4 Å². The number of ether oxygens (including phenoxy) is 2. The molecule has 0 unspecified atom stereocenters. The van der Waals surface area contributed by atoms with Gasteiger partial charge < -0.3 is 13.9 Å². The van der Waals surface area contributed by atoms with Crippen LogP contribution in [0.2, 0.25) is 0 Å². The predicted molar refractivity (Wildman–Crippen MR) is 103 cm³/mol. The summed E-state index contributed by atoms with van der Waals surface area (Å²) in [4.78, 5) is 25.4. The molecule has 1 heterocycles. The molecule has 3 aromatic carbocycles. The third-order valence-electron chi connectivity index (χ3n) is 4.51. The lowest BCUT2D eigenvalue weighted by molar-refractivity contribution is 0.101. The zero-order valence-electron chi connectivity index (χ0n) is 14.8. The molecule has 0 atom stereocenters. The van der Waals surface area contributed by atoms with E-state index >= 15 is 0 Å². The van der Waals surface area contributed by atoms with Gasteiger partial charge in [0.25, 0.3) is 0 Å². The fraction of sp³-hybridized carbons (Fsp3) is 0.0909. The Bertz CT molecular complexity index is 1240. The summed E-state index contributed by atoms with van der Waals surface area (Å²) in [5.74, 6) is 0.337. The minimum absolute atomic E-state index is 0.0185. The highest BCUT2D eigenvalue weighted by Gasteiger charge is 2.19. The molecular formula is C22H16O5. The highest BCUT2D eigenvalue weighted by atomic mass is 16.5. The molecule has 5 nitrogen and oxygen atoms in total. The van der Waals surface area contributed by atoms with Crippen LogP contribution in [0.15, 0.2) is 69.9 Å². The Morgan fingerprint density at radius 3 is 2.33 bits per heavy atom. The van der Waals surface area contributed by atoms with Crippen LogP contribution in [0, 0.1) is 0 Å². The molecule has 0 aliphatic carbocycles. The van der Waals surface area contributed by atoms with E-state index < -0.39 is 5.63 Å². The van der Waals surface area contributed by atoms with E-state index in [1.54, 1.807) is 30.3 Å². The number of carbonyl (C=O) groups is 1. The van der Waals surface area contributed by atoms with Crippen LogP contribution in [0.4, 0.5) is 0 Å². The standard InChI is InChI=1S/C22H16O5/c1-25-17-10-9-15-12-18(27-22(24)19(15)21(17)26-2)20(23)16-8-7-13-5-3-4-6-14(13)11-16/h3-12H,1-2H3. The Morgan fingerprint density at radius 2 is 1.59 bits per heavy atom. The van der Waals surface area contributed by atoms with Gasteiger partial charge in [-0.15, -0.1) is 0 Å². The van der Waals surface area contributed by atoms with Crippen LogP contribution in [0.3, 0.4) is 0 Å². The van der Waals surface area contributed by atoms with Crippen molar-refractivity contribution in [3.8, 4) is 11.5 Å². The van der Waals surface area contributed by atoms with E-state index in [2.05, 4.69) is 0 Å². The smallest absolute Gasteiger partial charge is 0.348 e. The maximum atomic E-state index is 12.9. The Labute approximate surface area is 154 Å². The van der Waals surface area contributed by atoms with Gasteiger partial charge in [-0.3, -0.25) is 4.79 Å². The SMILES string of the molecule is COc1ccc2cc(C(=O)c3ccc4ccccc4c3)oc(=O)c2c1OC. The van der Waals surface area contributed by atoms with E-state index in [1.807, 2.05) is 30.3 Å². The first-order chi connectivity index (χ1) is 13.1. The number of hydrogen-bond donors (Lipinski definition) is 0. The van der Waals surface area contributed by atoms with Crippen LogP contribution in [-0.4, -0.2) is 20.0 Å². The van der Waals surface area contributed by atoms with E-state index in [0.29, 0.717) is 16.7 Å². The predicted octanol–water partition coefficient (Wildman–Crippen LogP) is 4.19. The van der Waals surface area contributed by atoms with Crippen molar-refractivity contribution in [1.82, 2.24) is 0 Å². The van der Waals surface area contributed by atoms with Gasteiger partial charge in [0, 0.05) is 5.56 Å². The zero-order valence-corrected chi connectivity index (χ0v) is 14.8. The minimum Gasteiger partial charge on any atom is -0.493 e. The van der Waals surface area contributed by atoms with Crippen molar-refractivity contribution in [3.63, 3.8) is 0 Å². The molecule has 5 heteroatoms. The van der Waals surface area contributed by atoms with Crippen molar-refractivity contribution in [2.24, 2.45) is 0 Å². The first-order valence-corrected chi connectivity index (χ1v) is 8.34. The van der Waals surface area contributed by atoms with Crippen LogP contribution in [-0.2, 0) is 0 Å². The average molecular weight is 360 g/mol. The molecule has 0 N–H and O–H groups in total. The van der Waals surface area contributed by atoms with Gasteiger partial charge in [0.1, 0.15) is 5.39 Å². The summed E-state index contributed by atoms with van der Waals surface area (Å²) in [5, 5.41) is 2.77. The van der Waals surface area contributed by atoms with E-state index in [1.165, 1.54) is 14.2 Å². The Morgan fingerprint density at radius 1 is 0.852 bits per heavy atom. The first-order valence-electron chi connectivity index (χ1n) is 8.34. The van der Waals surface area contributed by atoms with E-state index in [9.17, 15) is 9.59 Å². The van der Waals surface area contributed by atoms with Crippen LogP contribution >= 0.6 is 0 Å². The summed E-state index contributed by atoms with van der Waals surface area (Å²) < 4.78 is 15.8. The number of ketones is 1. The molecule has 0 amide bonds. The van der Waals surface area contributed by atoms with Crippen molar-refractivity contribution in [1.29, 1.82) is 0 Å². The second kappa shape index (κ2) is 6.61. The topological polar surface area (TPSA) is 65.7 Å². The molecule has 4 rings (SSSR count). The number of carbonyl (C=O) groups excluding carboxylic acids is 1. The minimum atomic E-state index is -0.646. The molecule has 0 fully saturated rings. The highest BCUT2D eigenvalue weighted by molar-refractivity contribution is 6.10. The van der Waals surface area contributed by atoms with E-state index in [4.69, 9.17) is 13.9 Å². The lowest BCUT2D eigenvalue weighted by atomic mass is 10.0. The van der Waals surface area contributed by atoms with Gasteiger partial charge in [0.05, 0.1) is 14.2 Å². The van der Waals surface area contributed by atoms with Crippen LogP contribution < -0.4 is 15.1 Å². The number of methoxy groups -OCH3 is 2. The Balaban J connectivity index is 1.85. The number of fused-ring (bicyclic) bond motifs is 2. The quantitative estimate of drug-likeness (QED) is 0.511. The van der Waals surface area contributed by atoms with Crippen LogP contribution in [0.1, 0.15) is 16.1 Å². The summed E-state index contributed by atoms with van der Waals surface area (Å²) in [5.41, 5.74) is -0.191. The molecule has 0 aliphatic heterocycles. The largest absolute Gasteiger partial charge is 0.493 e. The molecule has 0 bridgehead atoms. The van der Waals surface area contributed by atoms with Gasteiger partial charge >= 0.3 is 5.63 Å². The summed E-state index contributed by atoms with van der Waals surface area (Å²) >= 11 is 0. The summed E-state index contributed by atoms with van der Waals surface area (Å²) in [6.45, 7) is 0. The highest BCUT2D eigenvalue weighted by Crippen LogP contribution is 2.33. The normalized spacial score (nSPS) is 10.9. The fourth-order valence-corrected chi connectivity index (χ4v) is 3.18. The molecule has 4 aromatic rings. The number of benzene rings is 3. The number of rotatable bonds is 4. The van der Waals surface area contributed by atoms with Gasteiger partial charge in [-0.05, 0) is 34.4 Å². The van der Waals surface area contributed by atoms with Crippen LogP contribution in [0.25, 0.3) is 21.5 Å². The number of hydrogen-bond acceptors (Lipinski definition) is 5. The molecule has 1 aromatic heterocycles. The first kappa shape index (κ1) is 16.8. The monoisotopic (exact) mass is 360 g/mol. The molecule has 134 valence electrons. The van der Waals surface area contributed by atoms with Gasteiger partial charge in [-0.2, -0.15) is 0 Å². The van der Waals surface area contributed by atoms with Gasteiger partial charge in [-0.1, -0.05) is 42.5 Å². The second-order valence-corrected chi connectivity index (χ2v) is 6.05. The van der Waals surface area contributed by atoms with E-state index in [-0.39, 0.29) is 22.7 Å². The van der Waals surface area contributed by atoms with Crippen molar-refractivity contribution >= 4 is 27.3 Å². The van der Waals surface area contributed by atoms with Crippen LogP contribution in [0.5, 0.6) is 11.5 Å². The third kappa shape index (κ3) is 2.83.